The van der Waals surface area contributed by atoms with E-state index >= 15 is 0 Å². The van der Waals surface area contributed by atoms with Gasteiger partial charge in [-0.1, -0.05) is 49.6 Å². The maximum Gasteiger partial charge on any atom is 0.163 e. The molecule has 1 aliphatic heterocycles. The zero-order valence-electron chi connectivity index (χ0n) is 15.3. The summed E-state index contributed by atoms with van der Waals surface area (Å²) in [6, 6.07) is 12.7. The lowest BCUT2D eigenvalue weighted by molar-refractivity contribution is 0.120. The average molecular weight is 352 g/mol. The van der Waals surface area contributed by atoms with E-state index in [0.717, 1.165) is 49.0 Å². The molecule has 0 spiro atoms. The second-order valence-corrected chi connectivity index (χ2v) is 7.32. The third-order valence-electron chi connectivity index (χ3n) is 5.25. The first-order chi connectivity index (χ1) is 12.9. The summed E-state index contributed by atoms with van der Waals surface area (Å²) in [5.41, 5.74) is 1.04. The van der Waals surface area contributed by atoms with Crippen LogP contribution in [0.2, 0.25) is 0 Å². The molecule has 1 saturated heterocycles. The van der Waals surface area contributed by atoms with E-state index in [9.17, 15) is 0 Å². The van der Waals surface area contributed by atoms with E-state index in [4.69, 9.17) is 14.7 Å². The molecule has 2 N–H and O–H groups in total. The van der Waals surface area contributed by atoms with E-state index in [2.05, 4.69) is 22.8 Å². The number of hydrogen-bond acceptors (Lipinski definition) is 5. The van der Waals surface area contributed by atoms with E-state index < -0.39 is 0 Å². The molecule has 1 saturated carbocycles. The van der Waals surface area contributed by atoms with Gasteiger partial charge in [0.25, 0.3) is 0 Å². The fourth-order valence-corrected chi connectivity index (χ4v) is 3.81. The van der Waals surface area contributed by atoms with Crippen LogP contribution in [0.5, 0.6) is 0 Å². The summed E-state index contributed by atoms with van der Waals surface area (Å²) in [4.78, 5) is 9.52. The molecule has 2 fully saturated rings. The molecule has 5 heteroatoms. The predicted molar refractivity (Wildman–Crippen MR) is 105 cm³/mol. The first kappa shape index (κ1) is 17.3. The van der Waals surface area contributed by atoms with Crippen molar-refractivity contribution >= 4 is 11.6 Å². The van der Waals surface area contributed by atoms with E-state index in [1.165, 1.54) is 32.1 Å². The van der Waals surface area contributed by atoms with Crippen LogP contribution in [0.4, 0.5) is 11.6 Å². The highest BCUT2D eigenvalue weighted by Gasteiger charge is 2.17. The van der Waals surface area contributed by atoms with Gasteiger partial charge in [-0.2, -0.15) is 0 Å². The van der Waals surface area contributed by atoms with Crippen molar-refractivity contribution in [3.8, 4) is 11.4 Å². The molecule has 0 amide bonds. The van der Waals surface area contributed by atoms with Gasteiger partial charge in [0, 0.05) is 30.8 Å². The monoisotopic (exact) mass is 352 g/mol. The Morgan fingerprint density at radius 2 is 1.73 bits per heavy atom. The fraction of sp³-hybridized carbons (Fsp3) is 0.524. The summed E-state index contributed by atoms with van der Waals surface area (Å²) >= 11 is 0. The maximum atomic E-state index is 5.72. The Balaban J connectivity index is 1.54. The second-order valence-electron chi connectivity index (χ2n) is 7.32. The normalized spacial score (nSPS) is 20.8. The molecule has 1 aromatic carbocycles. The zero-order chi connectivity index (χ0) is 17.6. The highest BCUT2D eigenvalue weighted by Crippen LogP contribution is 2.25. The minimum Gasteiger partial charge on any atom is -0.376 e. The molecule has 1 aromatic heterocycles. The predicted octanol–water partition coefficient (Wildman–Crippen LogP) is 4.48. The van der Waals surface area contributed by atoms with Crippen molar-refractivity contribution in [2.75, 3.05) is 23.8 Å². The summed E-state index contributed by atoms with van der Waals surface area (Å²) in [6.45, 7) is 1.67. The molecule has 1 aliphatic carbocycles. The van der Waals surface area contributed by atoms with Crippen LogP contribution in [0, 0.1) is 0 Å². The molecular weight excluding hydrogens is 324 g/mol. The van der Waals surface area contributed by atoms with Crippen LogP contribution in [0.15, 0.2) is 36.4 Å². The number of anilines is 2. The molecule has 5 nitrogen and oxygen atoms in total. The molecule has 2 heterocycles. The third-order valence-corrected chi connectivity index (χ3v) is 5.25. The number of nitrogens with zero attached hydrogens (tertiary/aromatic N) is 2. The molecular formula is C21H28N4O. The SMILES string of the molecule is c1ccc(-c2nc(NCC3CCCO3)cc(NC3CCCCC3)n2)cc1. The van der Waals surface area contributed by atoms with E-state index in [1.807, 2.05) is 24.3 Å². The molecule has 138 valence electrons. The van der Waals surface area contributed by atoms with Gasteiger partial charge in [-0.05, 0) is 25.7 Å². The Bertz CT molecular complexity index is 694. The molecule has 2 aromatic rings. The average Bonchev–Trinajstić information content (AvgIpc) is 3.21. The Hall–Kier alpha value is -2.14. The van der Waals surface area contributed by atoms with Gasteiger partial charge in [-0.25, -0.2) is 9.97 Å². The third kappa shape index (κ3) is 4.52. The van der Waals surface area contributed by atoms with Crippen molar-refractivity contribution in [1.82, 2.24) is 9.97 Å². The Kier molecular flexibility index (Phi) is 5.65. The summed E-state index contributed by atoms with van der Waals surface area (Å²) < 4.78 is 5.72. The topological polar surface area (TPSA) is 59.1 Å². The quantitative estimate of drug-likeness (QED) is 0.803. The van der Waals surface area contributed by atoms with Gasteiger partial charge >= 0.3 is 0 Å². The Morgan fingerprint density at radius 1 is 0.923 bits per heavy atom. The van der Waals surface area contributed by atoms with Crippen molar-refractivity contribution in [2.45, 2.75) is 57.1 Å². The van der Waals surface area contributed by atoms with E-state index in [1.54, 1.807) is 0 Å². The highest BCUT2D eigenvalue weighted by atomic mass is 16.5. The zero-order valence-corrected chi connectivity index (χ0v) is 15.3. The van der Waals surface area contributed by atoms with Crippen molar-refractivity contribution in [1.29, 1.82) is 0 Å². The van der Waals surface area contributed by atoms with Gasteiger partial charge in [0.2, 0.25) is 0 Å². The number of aromatic nitrogens is 2. The van der Waals surface area contributed by atoms with Crippen LogP contribution >= 0.6 is 0 Å². The van der Waals surface area contributed by atoms with Crippen LogP contribution in [-0.2, 0) is 4.74 Å². The van der Waals surface area contributed by atoms with Crippen molar-refractivity contribution in [3.05, 3.63) is 36.4 Å². The lowest BCUT2D eigenvalue weighted by Gasteiger charge is -2.24. The molecule has 1 atom stereocenters. The maximum absolute atomic E-state index is 5.72. The number of rotatable bonds is 6. The standard InChI is InChI=1S/C21H28N4O/c1-3-8-16(9-4-1)21-24-19(22-15-18-12-7-13-26-18)14-20(25-21)23-17-10-5-2-6-11-17/h1,3-4,8-9,14,17-18H,2,5-7,10-13,15H2,(H2,22,23,24,25). The van der Waals surface area contributed by atoms with Crippen LogP contribution in [0.25, 0.3) is 11.4 Å². The molecule has 0 radical (unpaired) electrons. The molecule has 1 unspecified atom stereocenters. The van der Waals surface area contributed by atoms with Gasteiger partial charge in [0.1, 0.15) is 11.6 Å². The first-order valence-electron chi connectivity index (χ1n) is 9.93. The van der Waals surface area contributed by atoms with Gasteiger partial charge in [-0.3, -0.25) is 0 Å². The highest BCUT2D eigenvalue weighted by molar-refractivity contribution is 5.61. The van der Waals surface area contributed by atoms with Crippen LogP contribution in [0.1, 0.15) is 44.9 Å². The van der Waals surface area contributed by atoms with Crippen LogP contribution < -0.4 is 10.6 Å². The second kappa shape index (κ2) is 8.49. The Labute approximate surface area is 155 Å². The smallest absolute Gasteiger partial charge is 0.163 e. The number of nitrogens with one attached hydrogen (secondary N) is 2. The van der Waals surface area contributed by atoms with Crippen LogP contribution in [0.3, 0.4) is 0 Å². The van der Waals surface area contributed by atoms with Gasteiger partial charge in [0.15, 0.2) is 5.82 Å². The number of hydrogen-bond donors (Lipinski definition) is 2. The van der Waals surface area contributed by atoms with Gasteiger partial charge in [-0.15, -0.1) is 0 Å². The lowest BCUT2D eigenvalue weighted by Crippen LogP contribution is -2.23. The number of benzene rings is 1. The molecule has 0 bridgehead atoms. The summed E-state index contributed by atoms with van der Waals surface area (Å²) in [7, 11) is 0. The minimum absolute atomic E-state index is 0.292. The lowest BCUT2D eigenvalue weighted by atomic mass is 9.95. The molecule has 2 aliphatic rings. The van der Waals surface area contributed by atoms with Gasteiger partial charge in [0.05, 0.1) is 6.10 Å². The Morgan fingerprint density at radius 3 is 2.50 bits per heavy atom. The summed E-state index contributed by atoms with van der Waals surface area (Å²) in [5.74, 6) is 2.55. The first-order valence-corrected chi connectivity index (χ1v) is 9.93. The number of ether oxygens (including phenoxy) is 1. The summed E-state index contributed by atoms with van der Waals surface area (Å²) in [5, 5.41) is 7.10. The molecule has 26 heavy (non-hydrogen) atoms. The fourth-order valence-electron chi connectivity index (χ4n) is 3.81. The molecule has 4 rings (SSSR count). The van der Waals surface area contributed by atoms with Crippen LogP contribution in [-0.4, -0.2) is 35.3 Å². The van der Waals surface area contributed by atoms with Gasteiger partial charge < -0.3 is 15.4 Å². The van der Waals surface area contributed by atoms with Crippen molar-refractivity contribution in [2.24, 2.45) is 0 Å². The van der Waals surface area contributed by atoms with Crippen molar-refractivity contribution in [3.63, 3.8) is 0 Å². The van der Waals surface area contributed by atoms with Crippen molar-refractivity contribution < 1.29 is 4.74 Å². The minimum atomic E-state index is 0.292. The largest absolute Gasteiger partial charge is 0.376 e. The summed E-state index contributed by atoms with van der Waals surface area (Å²) in [6.07, 6.45) is 8.98. The van der Waals surface area contributed by atoms with E-state index in [0.29, 0.717) is 12.1 Å². The van der Waals surface area contributed by atoms with E-state index in [-0.39, 0.29) is 0 Å².